The molecule has 0 amide bonds. The summed E-state index contributed by atoms with van der Waals surface area (Å²) in [5.41, 5.74) is 1.47. The van der Waals surface area contributed by atoms with Gasteiger partial charge in [-0.3, -0.25) is 0 Å². The number of aryl methyl sites for hydroxylation is 1. The molecule has 0 unspecified atom stereocenters. The fraction of sp³-hybridized carbons (Fsp3) is 0.0909. The molecule has 0 radical (unpaired) electrons. The van der Waals surface area contributed by atoms with Gasteiger partial charge in [0.25, 0.3) is 0 Å². The van der Waals surface area contributed by atoms with Crippen molar-refractivity contribution in [2.24, 2.45) is 0 Å². The Morgan fingerprint density at radius 2 is 2.18 bits per heavy atom. The van der Waals surface area contributed by atoms with E-state index in [0.717, 1.165) is 10.2 Å². The van der Waals surface area contributed by atoms with Crippen LogP contribution in [0, 0.1) is 17.4 Å². The highest BCUT2D eigenvalue weighted by molar-refractivity contribution is 9.10. The minimum atomic E-state index is -0.383. The second-order valence-electron chi connectivity index (χ2n) is 3.45. The van der Waals surface area contributed by atoms with Gasteiger partial charge in [0.1, 0.15) is 16.3 Å². The van der Waals surface area contributed by atoms with Crippen LogP contribution in [0.2, 0.25) is 5.02 Å². The van der Waals surface area contributed by atoms with E-state index in [4.69, 9.17) is 23.8 Å². The van der Waals surface area contributed by atoms with E-state index in [9.17, 15) is 4.39 Å². The van der Waals surface area contributed by atoms with E-state index in [2.05, 4.69) is 25.9 Å². The van der Waals surface area contributed by atoms with E-state index in [1.54, 1.807) is 6.07 Å². The lowest BCUT2D eigenvalue weighted by molar-refractivity contribution is 0.628. The van der Waals surface area contributed by atoms with Crippen LogP contribution in [0.5, 0.6) is 0 Å². The third-order valence-electron chi connectivity index (χ3n) is 2.22. The fourth-order valence-electron chi connectivity index (χ4n) is 1.38. The highest BCUT2D eigenvalue weighted by Crippen LogP contribution is 2.27. The summed E-state index contributed by atoms with van der Waals surface area (Å²) in [5.74, 6) is 0.145. The van der Waals surface area contributed by atoms with Gasteiger partial charge in [-0.1, -0.05) is 23.8 Å². The van der Waals surface area contributed by atoms with Crippen molar-refractivity contribution in [3.05, 3.63) is 43.8 Å². The highest BCUT2D eigenvalue weighted by Gasteiger charge is 2.09. The van der Waals surface area contributed by atoms with Crippen molar-refractivity contribution in [1.82, 2.24) is 9.97 Å². The predicted octanol–water partition coefficient (Wildman–Crippen LogP) is 4.67. The van der Waals surface area contributed by atoms with Crippen LogP contribution in [-0.2, 0) is 0 Å². The number of aromatic amines is 1. The molecule has 1 N–H and O–H groups in total. The first-order chi connectivity index (χ1) is 7.99. The molecular formula is C11H7BrClFN2S. The Balaban J connectivity index is 2.65. The van der Waals surface area contributed by atoms with Gasteiger partial charge in [-0.15, -0.1) is 0 Å². The Morgan fingerprint density at radius 1 is 1.47 bits per heavy atom. The van der Waals surface area contributed by atoms with E-state index in [-0.39, 0.29) is 5.82 Å². The molecule has 0 saturated carbocycles. The number of rotatable bonds is 1. The van der Waals surface area contributed by atoms with Crippen molar-refractivity contribution in [2.75, 3.05) is 0 Å². The normalized spacial score (nSPS) is 10.6. The molecule has 0 saturated heterocycles. The smallest absolute Gasteiger partial charge is 0.144 e. The summed E-state index contributed by atoms with van der Waals surface area (Å²) >= 11 is 14.4. The van der Waals surface area contributed by atoms with Crippen molar-refractivity contribution in [3.8, 4) is 11.4 Å². The topological polar surface area (TPSA) is 28.7 Å². The third kappa shape index (κ3) is 2.56. The summed E-state index contributed by atoms with van der Waals surface area (Å²) in [4.78, 5) is 7.26. The number of H-pyrrole nitrogens is 1. The lowest BCUT2D eigenvalue weighted by Gasteiger charge is -2.06. The minimum absolute atomic E-state index is 0.296. The molecule has 2 rings (SSSR count). The number of nitrogens with zero attached hydrogens (tertiary/aromatic N) is 1. The summed E-state index contributed by atoms with van der Waals surface area (Å²) in [7, 11) is 0. The molecule has 0 atom stereocenters. The Kier molecular flexibility index (Phi) is 3.61. The van der Waals surface area contributed by atoms with E-state index in [1.165, 1.54) is 12.1 Å². The summed E-state index contributed by atoms with van der Waals surface area (Å²) in [6, 6.07) is 4.14. The maximum Gasteiger partial charge on any atom is 0.144 e. The van der Waals surface area contributed by atoms with Gasteiger partial charge in [0.15, 0.2) is 0 Å². The molecule has 0 bridgehead atoms. The van der Waals surface area contributed by atoms with Crippen LogP contribution in [0.4, 0.5) is 4.39 Å². The Hall–Kier alpha value is -0.780. The van der Waals surface area contributed by atoms with E-state index >= 15 is 0 Å². The molecule has 2 nitrogen and oxygen atoms in total. The number of aromatic nitrogens is 2. The van der Waals surface area contributed by atoms with Gasteiger partial charge in [0.05, 0.1) is 9.50 Å². The second-order valence-corrected chi connectivity index (χ2v) is 5.04. The first kappa shape index (κ1) is 12.7. The maximum atomic E-state index is 12.9. The number of hydrogen-bond acceptors (Lipinski definition) is 2. The van der Waals surface area contributed by atoms with Crippen LogP contribution in [0.15, 0.2) is 22.7 Å². The zero-order chi connectivity index (χ0) is 12.6. The average molecular weight is 334 g/mol. The molecule has 1 aromatic carbocycles. The first-order valence-corrected chi connectivity index (χ1v) is 6.29. The van der Waals surface area contributed by atoms with Gasteiger partial charge < -0.3 is 4.98 Å². The zero-order valence-electron chi connectivity index (χ0n) is 8.72. The summed E-state index contributed by atoms with van der Waals surface area (Å²) in [5, 5.41) is 0.296. The number of halogens is 3. The number of hydrogen-bond donors (Lipinski definition) is 1. The predicted molar refractivity (Wildman–Crippen MR) is 72.3 cm³/mol. The van der Waals surface area contributed by atoms with Crippen LogP contribution in [0.25, 0.3) is 11.4 Å². The van der Waals surface area contributed by atoms with Crippen molar-refractivity contribution in [2.45, 2.75) is 6.92 Å². The Labute approximate surface area is 116 Å². The monoisotopic (exact) mass is 332 g/mol. The molecule has 6 heteroatoms. The largest absolute Gasteiger partial charge is 0.342 e. The van der Waals surface area contributed by atoms with E-state index in [1.807, 2.05) is 6.92 Å². The van der Waals surface area contributed by atoms with Gasteiger partial charge in [0.2, 0.25) is 0 Å². The summed E-state index contributed by atoms with van der Waals surface area (Å²) < 4.78 is 14.1. The molecule has 0 aliphatic carbocycles. The molecule has 0 aliphatic heterocycles. The van der Waals surface area contributed by atoms with E-state index in [0.29, 0.717) is 21.1 Å². The maximum absolute atomic E-state index is 12.9. The molecule has 0 aliphatic rings. The molecule has 1 aromatic heterocycles. The summed E-state index contributed by atoms with van der Waals surface area (Å²) in [6.45, 7) is 1.86. The number of nitrogens with one attached hydrogen (secondary N) is 1. The van der Waals surface area contributed by atoms with Crippen molar-refractivity contribution >= 4 is 39.7 Å². The van der Waals surface area contributed by atoms with Crippen molar-refractivity contribution in [1.29, 1.82) is 0 Å². The fourth-order valence-corrected chi connectivity index (χ4v) is 2.07. The molecule has 17 heavy (non-hydrogen) atoms. The molecule has 88 valence electrons. The minimum Gasteiger partial charge on any atom is -0.342 e. The van der Waals surface area contributed by atoms with Gasteiger partial charge in [0, 0.05) is 11.3 Å². The average Bonchev–Trinajstić information content (AvgIpc) is 2.25. The van der Waals surface area contributed by atoms with Crippen molar-refractivity contribution < 1.29 is 4.39 Å². The van der Waals surface area contributed by atoms with Crippen LogP contribution in [0.3, 0.4) is 0 Å². The van der Waals surface area contributed by atoms with Gasteiger partial charge in [-0.25, -0.2) is 9.37 Å². The van der Waals surface area contributed by atoms with Gasteiger partial charge >= 0.3 is 0 Å². The third-order valence-corrected chi connectivity index (χ3v) is 4.06. The highest BCUT2D eigenvalue weighted by atomic mass is 79.9. The first-order valence-electron chi connectivity index (χ1n) is 4.71. The van der Waals surface area contributed by atoms with Crippen LogP contribution >= 0.6 is 39.7 Å². The van der Waals surface area contributed by atoms with Crippen LogP contribution in [-0.4, -0.2) is 9.97 Å². The Morgan fingerprint density at radius 3 is 2.76 bits per heavy atom. The van der Waals surface area contributed by atoms with Crippen LogP contribution in [0.1, 0.15) is 5.69 Å². The lowest BCUT2D eigenvalue weighted by atomic mass is 10.2. The van der Waals surface area contributed by atoms with Gasteiger partial charge in [-0.05, 0) is 41.1 Å². The van der Waals surface area contributed by atoms with Crippen molar-refractivity contribution in [3.63, 3.8) is 0 Å². The molecular weight excluding hydrogens is 327 g/mol. The Bertz CT molecular complexity index is 642. The molecule has 0 spiro atoms. The van der Waals surface area contributed by atoms with Gasteiger partial charge in [-0.2, -0.15) is 0 Å². The number of benzene rings is 1. The quantitative estimate of drug-likeness (QED) is 0.768. The standard InChI is InChI=1S/C11H7BrClFN2S/c1-5-9(12)11(17)16-10(15-5)7-3-2-6(14)4-8(7)13/h2-4H,1H3,(H,15,16,17). The zero-order valence-corrected chi connectivity index (χ0v) is 11.9. The molecule has 1 heterocycles. The molecule has 0 fully saturated rings. The lowest BCUT2D eigenvalue weighted by Crippen LogP contribution is -1.95. The molecule has 2 aromatic rings. The van der Waals surface area contributed by atoms with E-state index < -0.39 is 0 Å². The second kappa shape index (κ2) is 4.84. The SMILES string of the molecule is Cc1[nH]c(-c2ccc(F)cc2Cl)nc(=S)c1Br. The summed E-state index contributed by atoms with van der Waals surface area (Å²) in [6.07, 6.45) is 0. The van der Waals surface area contributed by atoms with Crippen LogP contribution < -0.4 is 0 Å².